The average molecular weight is 359 g/mol. The van der Waals surface area contributed by atoms with Gasteiger partial charge in [-0.1, -0.05) is 36.4 Å². The second-order valence-electron chi connectivity index (χ2n) is 4.21. The zero-order valence-electron chi connectivity index (χ0n) is 12.7. The minimum atomic E-state index is 0.250. The molecule has 0 N–H and O–H groups in total. The molecule has 7 heteroatoms. The lowest BCUT2D eigenvalue weighted by Crippen LogP contribution is -1.57. The van der Waals surface area contributed by atoms with Crippen molar-refractivity contribution in [3.63, 3.8) is 0 Å². The Morgan fingerprint density at radius 3 is 1.80 bits per heavy atom. The van der Waals surface area contributed by atoms with Crippen molar-refractivity contribution >= 4 is 45.8 Å². The van der Waals surface area contributed by atoms with E-state index in [0.29, 0.717) is 5.22 Å². The molecule has 6 nitrogen and oxygen atoms in total. The van der Waals surface area contributed by atoms with Crippen LogP contribution in [0, 0.1) is 0 Å². The monoisotopic (exact) mass is 358 g/mol. The molecule has 0 bridgehead atoms. The van der Waals surface area contributed by atoms with Gasteiger partial charge >= 0.3 is 12.3 Å². The number of fused-ring (bicyclic) bond motifs is 2. The Balaban J connectivity index is 0.000000193. The topological polar surface area (TPSA) is 94.6 Å². The Labute approximate surface area is 146 Å². The van der Waals surface area contributed by atoms with Gasteiger partial charge in [-0.15, -0.1) is 0 Å². The van der Waals surface area contributed by atoms with Gasteiger partial charge in [0.2, 0.25) is 0 Å². The molecule has 0 saturated heterocycles. The van der Waals surface area contributed by atoms with Gasteiger partial charge in [-0.25, -0.2) is 0 Å². The maximum atomic E-state index is 8.12. The van der Waals surface area contributed by atoms with Crippen LogP contribution in [0.25, 0.3) is 21.9 Å². The van der Waals surface area contributed by atoms with Crippen LogP contribution in [0.1, 0.15) is 0 Å². The first-order valence-electron chi connectivity index (χ1n) is 6.71. The van der Waals surface area contributed by atoms with Crippen molar-refractivity contribution in [2.45, 2.75) is 0 Å². The molecule has 2 aromatic heterocycles. The second-order valence-corrected chi connectivity index (χ2v) is 4.59. The molecule has 126 valence electrons. The Morgan fingerprint density at radius 2 is 1.24 bits per heavy atom. The van der Waals surface area contributed by atoms with Crippen molar-refractivity contribution in [3.8, 4) is 0 Å². The molecule has 0 aliphatic heterocycles. The summed E-state index contributed by atoms with van der Waals surface area (Å²) in [6, 6.07) is 19.4. The number of hydrogen-bond acceptors (Lipinski definition) is 6. The molecule has 0 aliphatic rings. The van der Waals surface area contributed by atoms with Crippen LogP contribution in [0.4, 0.5) is 0 Å². The van der Waals surface area contributed by atoms with Crippen molar-refractivity contribution in [3.05, 3.63) is 72.1 Å². The Morgan fingerprint density at radius 1 is 0.720 bits per heavy atom. The molecule has 0 spiro atoms. The molecule has 0 aliphatic carbocycles. The van der Waals surface area contributed by atoms with Crippen molar-refractivity contribution in [1.82, 2.24) is 0 Å². The predicted molar refractivity (Wildman–Crippen MR) is 87.5 cm³/mol. The van der Waals surface area contributed by atoms with Gasteiger partial charge < -0.3 is 8.83 Å². The largest absolute Gasteiger partial charge is 0.464 e. The molecule has 25 heavy (non-hydrogen) atoms. The highest BCUT2D eigenvalue weighted by Crippen LogP contribution is 2.21. The minimum absolute atomic E-state index is 0.250. The Hall–Kier alpha value is -3.43. The fraction of sp³-hybridized carbons (Fsp3) is 0. The van der Waals surface area contributed by atoms with E-state index >= 15 is 0 Å². The van der Waals surface area contributed by atoms with E-state index in [4.69, 9.17) is 39.6 Å². The van der Waals surface area contributed by atoms with Gasteiger partial charge in [-0.05, 0) is 29.8 Å². The minimum Gasteiger partial charge on any atom is -0.464 e. The third kappa shape index (κ3) is 6.69. The SMILES string of the molecule is Clc1cc2ccccc2o1.O=C=O.O=C=O.c1ccc2occc2c1. The van der Waals surface area contributed by atoms with Crippen LogP contribution in [0.2, 0.25) is 5.22 Å². The van der Waals surface area contributed by atoms with Crippen LogP contribution in [-0.4, -0.2) is 12.3 Å². The second kappa shape index (κ2) is 11.2. The Bertz CT molecular complexity index is 898. The molecule has 4 rings (SSSR count). The van der Waals surface area contributed by atoms with Crippen LogP contribution in [0.15, 0.2) is 75.8 Å². The highest BCUT2D eigenvalue weighted by Gasteiger charge is 1.97. The van der Waals surface area contributed by atoms with Crippen molar-refractivity contribution in [2.24, 2.45) is 0 Å². The van der Waals surface area contributed by atoms with Gasteiger partial charge in [0.15, 0.2) is 5.22 Å². The van der Waals surface area contributed by atoms with Crippen LogP contribution >= 0.6 is 11.6 Å². The molecular formula is C18H11ClO6. The molecule has 0 fully saturated rings. The normalized spacial score (nSPS) is 8.52. The molecule has 2 heterocycles. The number of rotatable bonds is 0. The van der Waals surface area contributed by atoms with E-state index in [1.165, 1.54) is 0 Å². The summed E-state index contributed by atoms with van der Waals surface area (Å²) >= 11 is 5.62. The van der Waals surface area contributed by atoms with Gasteiger partial charge in [-0.3, -0.25) is 0 Å². The van der Waals surface area contributed by atoms with Gasteiger partial charge in [0.05, 0.1) is 6.26 Å². The number of carbonyl (C=O) groups excluding carboxylic acids is 4. The summed E-state index contributed by atoms with van der Waals surface area (Å²) in [6.45, 7) is 0. The van der Waals surface area contributed by atoms with E-state index in [1.54, 1.807) is 12.3 Å². The lowest BCUT2D eigenvalue weighted by molar-refractivity contribution is -0.193. The number of para-hydroxylation sites is 2. The van der Waals surface area contributed by atoms with E-state index in [0.717, 1.165) is 21.9 Å². The van der Waals surface area contributed by atoms with Crippen LogP contribution in [0.5, 0.6) is 0 Å². The summed E-state index contributed by atoms with van der Waals surface area (Å²) in [5.41, 5.74) is 1.80. The zero-order chi connectivity index (χ0) is 18.5. The van der Waals surface area contributed by atoms with E-state index < -0.39 is 0 Å². The third-order valence-corrected chi connectivity index (χ3v) is 2.94. The predicted octanol–water partition coefficient (Wildman–Crippen LogP) is 4.35. The van der Waals surface area contributed by atoms with Crippen molar-refractivity contribution in [2.75, 3.05) is 0 Å². The summed E-state index contributed by atoms with van der Waals surface area (Å²) in [5.74, 6) is 0. The lowest BCUT2D eigenvalue weighted by atomic mass is 10.3. The molecule has 0 atom stereocenters. The third-order valence-electron chi connectivity index (χ3n) is 2.76. The van der Waals surface area contributed by atoms with Crippen molar-refractivity contribution in [1.29, 1.82) is 0 Å². The number of furan rings is 2. The number of benzene rings is 2. The summed E-state index contributed by atoms with van der Waals surface area (Å²) in [5, 5.41) is 2.66. The van der Waals surface area contributed by atoms with Crippen LogP contribution in [0.3, 0.4) is 0 Å². The van der Waals surface area contributed by atoms with Crippen LogP contribution < -0.4 is 0 Å². The standard InChI is InChI=1S/C8H5ClO.C8H6O.2CO2/c9-8-5-6-3-1-2-4-7(6)10-8;1-2-4-8-7(3-1)5-6-9-8;2*2-1-3/h1-5H;1-6H;;. The molecule has 0 amide bonds. The van der Waals surface area contributed by atoms with E-state index in [2.05, 4.69) is 0 Å². The molecule has 0 saturated carbocycles. The summed E-state index contributed by atoms with van der Waals surface area (Å²) < 4.78 is 10.3. The highest BCUT2D eigenvalue weighted by molar-refractivity contribution is 6.29. The van der Waals surface area contributed by atoms with Crippen LogP contribution in [-0.2, 0) is 19.2 Å². The summed E-state index contributed by atoms with van der Waals surface area (Å²) in [6.07, 6.45) is 2.20. The quantitative estimate of drug-likeness (QED) is 0.463. The maximum absolute atomic E-state index is 8.12. The Kier molecular flexibility index (Phi) is 8.76. The molecule has 4 aromatic rings. The first kappa shape index (κ1) is 19.6. The fourth-order valence-corrected chi connectivity index (χ4v) is 2.06. The lowest BCUT2D eigenvalue weighted by Gasteiger charge is -1.81. The number of halogens is 1. The fourth-order valence-electron chi connectivity index (χ4n) is 1.86. The average Bonchev–Trinajstić information content (AvgIpc) is 3.21. The van der Waals surface area contributed by atoms with Crippen molar-refractivity contribution < 1.29 is 28.0 Å². The molecule has 2 aromatic carbocycles. The molecule has 0 unspecified atom stereocenters. The van der Waals surface area contributed by atoms with Gasteiger partial charge in [0.25, 0.3) is 0 Å². The van der Waals surface area contributed by atoms with Gasteiger partial charge in [0.1, 0.15) is 11.2 Å². The maximum Gasteiger partial charge on any atom is 0.373 e. The molecular weight excluding hydrogens is 348 g/mol. The summed E-state index contributed by atoms with van der Waals surface area (Å²) in [4.78, 5) is 32.5. The first-order chi connectivity index (χ1) is 12.2. The van der Waals surface area contributed by atoms with E-state index in [-0.39, 0.29) is 12.3 Å². The highest BCUT2D eigenvalue weighted by atomic mass is 35.5. The van der Waals surface area contributed by atoms with E-state index in [1.807, 2.05) is 54.6 Å². The van der Waals surface area contributed by atoms with Gasteiger partial charge in [-0.2, -0.15) is 19.2 Å². The molecule has 0 radical (unpaired) electrons. The van der Waals surface area contributed by atoms with Gasteiger partial charge in [0, 0.05) is 16.8 Å². The smallest absolute Gasteiger partial charge is 0.373 e. The summed E-state index contributed by atoms with van der Waals surface area (Å²) in [7, 11) is 0. The first-order valence-corrected chi connectivity index (χ1v) is 7.09. The van der Waals surface area contributed by atoms with E-state index in [9.17, 15) is 0 Å². The zero-order valence-corrected chi connectivity index (χ0v) is 13.4. The number of hydrogen-bond donors (Lipinski definition) is 0.